The molecular formula is C29H37N7O8. The van der Waals surface area contributed by atoms with Crippen LogP contribution in [0.15, 0.2) is 6.07 Å². The number of hydrogen-bond acceptors (Lipinski definition) is 13. The summed E-state index contributed by atoms with van der Waals surface area (Å²) in [5, 5.41) is 24.2. The maximum atomic E-state index is 14.5. The van der Waals surface area contributed by atoms with E-state index in [9.17, 15) is 39.1 Å². The Kier molecular flexibility index (Phi) is 8.10. The highest BCUT2D eigenvalue weighted by Gasteiger charge is 2.78. The monoisotopic (exact) mass is 611 g/mol. The number of phenols is 1. The van der Waals surface area contributed by atoms with Gasteiger partial charge in [-0.15, -0.1) is 0 Å². The lowest BCUT2D eigenvalue weighted by molar-refractivity contribution is -0.166. The number of fused-ring (bicyclic) bond motifs is 3. The molecule has 2 fully saturated rings. The molecule has 1 aromatic rings. The number of Topliss-reactive ketones (excluding diaryl/α,β-unsaturated/α-hetero) is 4. The van der Waals surface area contributed by atoms with E-state index in [2.05, 4.69) is 5.32 Å². The van der Waals surface area contributed by atoms with E-state index in [1.54, 1.807) is 25.1 Å². The van der Waals surface area contributed by atoms with Crippen molar-refractivity contribution in [2.24, 2.45) is 34.5 Å². The van der Waals surface area contributed by atoms with Crippen molar-refractivity contribution in [1.82, 2.24) is 4.90 Å². The number of aromatic hydroxyl groups is 1. The Morgan fingerprint density at radius 1 is 1.16 bits per heavy atom. The highest BCUT2D eigenvalue weighted by atomic mass is 16.5. The molecule has 0 aliphatic heterocycles. The maximum Gasteiger partial charge on any atom is 0.411 e. The fraction of sp³-hybridized carbons (Fsp3) is 0.552. The standard InChI is InChI=1S/C29H37N7O8/c1-6-7-8-44-26(43)34-14-9-15(35(2)3)13-10-27(32)11-29(33)22(36(4)5)21(39)17(25(31)42)23(40)28(29,12-30)24(41)18(27)20(38)16(13)19(14)37/h9,17-18,22,37H,6-8,10-11,32-33H2,1-5H3,(H2,31,42)(H,34,43)/t17?,18?,22-,27-,28+,29-/m1/s1. The van der Waals surface area contributed by atoms with Crippen LogP contribution in [0.2, 0.25) is 0 Å². The Balaban J connectivity index is 1.94. The van der Waals surface area contributed by atoms with Crippen LogP contribution in [0.4, 0.5) is 16.2 Å². The second-order valence-corrected chi connectivity index (χ2v) is 12.3. The van der Waals surface area contributed by atoms with E-state index in [1.807, 2.05) is 6.92 Å². The third-order valence-corrected chi connectivity index (χ3v) is 9.02. The van der Waals surface area contributed by atoms with Crippen LogP contribution in [0.1, 0.15) is 42.1 Å². The first kappa shape index (κ1) is 32.5. The maximum absolute atomic E-state index is 14.5. The number of nitrogens with one attached hydrogen (secondary N) is 1. The molecule has 8 N–H and O–H groups in total. The molecule has 3 aliphatic carbocycles. The lowest BCUT2D eigenvalue weighted by Crippen LogP contribution is -2.85. The zero-order valence-electron chi connectivity index (χ0n) is 25.2. The van der Waals surface area contributed by atoms with Gasteiger partial charge in [0.1, 0.15) is 11.7 Å². The number of rotatable bonds is 7. The summed E-state index contributed by atoms with van der Waals surface area (Å²) in [6, 6.07) is 1.58. The smallest absolute Gasteiger partial charge is 0.411 e. The summed E-state index contributed by atoms with van der Waals surface area (Å²) in [6.07, 6.45) is -0.280. The summed E-state index contributed by atoms with van der Waals surface area (Å²) in [6.45, 7) is 2.03. The highest BCUT2D eigenvalue weighted by Crippen LogP contribution is 2.57. The van der Waals surface area contributed by atoms with Crippen LogP contribution in [0.3, 0.4) is 0 Å². The zero-order chi connectivity index (χ0) is 33.1. The number of ketones is 4. The van der Waals surface area contributed by atoms with E-state index in [4.69, 9.17) is 21.9 Å². The molecule has 15 heteroatoms. The largest absolute Gasteiger partial charge is 0.505 e. The average molecular weight is 612 g/mol. The summed E-state index contributed by atoms with van der Waals surface area (Å²) in [4.78, 5) is 83.8. The van der Waals surface area contributed by atoms with Crippen molar-refractivity contribution in [3.63, 3.8) is 0 Å². The Bertz CT molecular complexity index is 1530. The third-order valence-electron chi connectivity index (χ3n) is 9.02. The molecule has 15 nitrogen and oxygen atoms in total. The lowest BCUT2D eigenvalue weighted by atomic mass is 9.42. The molecule has 236 valence electrons. The zero-order valence-corrected chi connectivity index (χ0v) is 25.2. The van der Waals surface area contributed by atoms with Crippen LogP contribution in [-0.2, 0) is 30.3 Å². The molecule has 2 amide bonds. The van der Waals surface area contributed by atoms with Gasteiger partial charge in [-0.05, 0) is 45.0 Å². The van der Waals surface area contributed by atoms with Crippen LogP contribution in [0.25, 0.3) is 0 Å². The van der Waals surface area contributed by atoms with Gasteiger partial charge in [0, 0.05) is 25.3 Å². The van der Waals surface area contributed by atoms with Gasteiger partial charge in [0.15, 0.2) is 34.5 Å². The third kappa shape index (κ3) is 4.35. The molecule has 6 atom stereocenters. The van der Waals surface area contributed by atoms with Gasteiger partial charge < -0.3 is 31.9 Å². The van der Waals surface area contributed by atoms with Crippen molar-refractivity contribution in [2.45, 2.75) is 49.7 Å². The van der Waals surface area contributed by atoms with Crippen molar-refractivity contribution in [1.29, 1.82) is 5.26 Å². The van der Waals surface area contributed by atoms with Gasteiger partial charge in [0.05, 0.1) is 35.5 Å². The molecule has 4 rings (SSSR count). The van der Waals surface area contributed by atoms with E-state index in [0.717, 1.165) is 6.42 Å². The number of amides is 2. The van der Waals surface area contributed by atoms with Gasteiger partial charge in [0.25, 0.3) is 0 Å². The first-order valence-electron chi connectivity index (χ1n) is 14.1. The molecule has 0 spiro atoms. The first-order valence-corrected chi connectivity index (χ1v) is 14.1. The minimum Gasteiger partial charge on any atom is -0.505 e. The number of carbonyl (C=O) groups excluding carboxylic acids is 6. The number of nitrogens with zero attached hydrogens (tertiary/aromatic N) is 3. The number of primary amides is 1. The summed E-state index contributed by atoms with van der Waals surface area (Å²) in [5.41, 5.74) is 12.2. The second-order valence-electron chi connectivity index (χ2n) is 12.3. The molecule has 1 aromatic carbocycles. The Labute approximate surface area is 253 Å². The minimum absolute atomic E-state index is 0.119. The number of likely N-dealkylation sites (N-methyl/N-ethyl adjacent to an activating group) is 1. The van der Waals surface area contributed by atoms with Crippen LogP contribution >= 0.6 is 0 Å². The van der Waals surface area contributed by atoms with Crippen LogP contribution in [0, 0.1) is 28.6 Å². The lowest BCUT2D eigenvalue weighted by Gasteiger charge is -2.60. The van der Waals surface area contributed by atoms with Crippen LogP contribution < -0.4 is 27.4 Å². The Morgan fingerprint density at radius 3 is 2.32 bits per heavy atom. The summed E-state index contributed by atoms with van der Waals surface area (Å²) in [7, 11) is 6.16. The summed E-state index contributed by atoms with van der Waals surface area (Å²) < 4.78 is 5.12. The number of anilines is 2. The highest BCUT2D eigenvalue weighted by molar-refractivity contribution is 6.33. The topological polar surface area (TPSA) is 252 Å². The molecule has 44 heavy (non-hydrogen) atoms. The molecule has 0 aromatic heterocycles. The van der Waals surface area contributed by atoms with E-state index in [-0.39, 0.29) is 29.8 Å². The number of ether oxygens (including phenoxy) is 1. The molecule has 0 heterocycles. The quantitative estimate of drug-likeness (QED) is 0.144. The SMILES string of the molecule is CCCCOC(=O)Nc1cc(N(C)C)c2c(c1O)C(=O)C1C(=O)[C@]3(C#N)C(=O)C(C(N)=O)C(=O)[C@@H](N(C)C)[C@]3(N)C[C@]1(N)C2. The number of nitriles is 1. The van der Waals surface area contributed by atoms with Gasteiger partial charge >= 0.3 is 6.09 Å². The molecule has 2 saturated carbocycles. The molecular weight excluding hydrogens is 574 g/mol. The van der Waals surface area contributed by atoms with Gasteiger partial charge in [-0.1, -0.05) is 13.3 Å². The minimum atomic E-state index is -2.85. The van der Waals surface area contributed by atoms with Gasteiger partial charge in [-0.3, -0.25) is 34.2 Å². The van der Waals surface area contributed by atoms with E-state index < -0.39 is 81.7 Å². The fourth-order valence-electron chi connectivity index (χ4n) is 7.21. The molecule has 3 aliphatic rings. The van der Waals surface area contributed by atoms with Gasteiger partial charge in [-0.25, -0.2) is 4.79 Å². The fourth-order valence-corrected chi connectivity index (χ4v) is 7.21. The number of phenolic OH excluding ortho intramolecular Hbond substituents is 1. The number of hydrogen-bond donors (Lipinski definition) is 5. The number of unbranched alkanes of at least 4 members (excludes halogenated alkanes) is 1. The number of carbonyl (C=O) groups is 6. The summed E-state index contributed by atoms with van der Waals surface area (Å²) in [5.74, 6) is -10.8. The van der Waals surface area contributed by atoms with Gasteiger partial charge in [0.2, 0.25) is 5.91 Å². The summed E-state index contributed by atoms with van der Waals surface area (Å²) >= 11 is 0. The second kappa shape index (κ2) is 11.0. The predicted octanol–water partition coefficient (Wildman–Crippen LogP) is -0.777. The normalized spacial score (nSPS) is 31.0. The Morgan fingerprint density at radius 2 is 1.80 bits per heavy atom. The number of benzene rings is 1. The van der Waals surface area contributed by atoms with Crippen molar-refractivity contribution in [3.8, 4) is 11.8 Å². The van der Waals surface area contributed by atoms with E-state index in [1.165, 1.54) is 25.1 Å². The van der Waals surface area contributed by atoms with E-state index >= 15 is 0 Å². The van der Waals surface area contributed by atoms with Crippen molar-refractivity contribution < 1.29 is 38.6 Å². The molecule has 0 saturated heterocycles. The number of nitrogens with two attached hydrogens (primary N) is 3. The van der Waals surface area contributed by atoms with Crippen LogP contribution in [-0.4, -0.2) is 97.1 Å². The van der Waals surface area contributed by atoms with E-state index in [0.29, 0.717) is 12.1 Å². The molecule has 0 bridgehead atoms. The Hall–Kier alpha value is -4.39. The van der Waals surface area contributed by atoms with Gasteiger partial charge in [-0.2, -0.15) is 5.26 Å². The predicted molar refractivity (Wildman–Crippen MR) is 156 cm³/mol. The first-order chi connectivity index (χ1) is 20.4. The molecule has 2 unspecified atom stereocenters. The average Bonchev–Trinajstić information content (AvgIpc) is 2.89. The molecule has 0 radical (unpaired) electrons. The van der Waals surface area contributed by atoms with Crippen molar-refractivity contribution >= 4 is 46.5 Å². The van der Waals surface area contributed by atoms with Crippen LogP contribution in [0.5, 0.6) is 5.75 Å². The van der Waals surface area contributed by atoms with Crippen molar-refractivity contribution in [2.75, 3.05) is 45.0 Å². The van der Waals surface area contributed by atoms with Crippen molar-refractivity contribution in [3.05, 3.63) is 17.2 Å².